The number of carbonyl (C=O) groups excluding carboxylic acids is 3. The third kappa shape index (κ3) is 10.00. The van der Waals surface area contributed by atoms with Crippen LogP contribution in [-0.2, 0) is 19.6 Å². The molecule has 238 valence electrons. The molecular weight excluding hydrogens is 618 g/mol. The largest absolute Gasteiger partial charge is 0.497 e. The average molecular weight is 654 g/mol. The van der Waals surface area contributed by atoms with Crippen molar-refractivity contribution >= 4 is 67.7 Å². The Morgan fingerprint density at radius 3 is 2.27 bits per heavy atom. The lowest BCUT2D eigenvalue weighted by Crippen LogP contribution is -2.34. The van der Waals surface area contributed by atoms with E-state index in [1.807, 2.05) is 17.9 Å². The molecule has 0 bridgehead atoms. The molecule has 0 saturated carbocycles. The van der Waals surface area contributed by atoms with Crippen LogP contribution in [0.2, 0.25) is 5.02 Å². The number of anilines is 3. The number of rotatable bonds is 14. The van der Waals surface area contributed by atoms with Gasteiger partial charge in [0.1, 0.15) is 5.75 Å². The summed E-state index contributed by atoms with van der Waals surface area (Å²) in [5.41, 5.74) is 2.51. The number of nitrogens with one attached hydrogen (secondary N) is 3. The van der Waals surface area contributed by atoms with Crippen molar-refractivity contribution in [3.05, 3.63) is 89.0 Å². The van der Waals surface area contributed by atoms with Crippen molar-refractivity contribution < 1.29 is 27.5 Å². The molecule has 3 aromatic carbocycles. The van der Waals surface area contributed by atoms with Crippen LogP contribution in [0.3, 0.4) is 0 Å². The highest BCUT2D eigenvalue weighted by molar-refractivity contribution is 7.88. The molecule has 0 atom stereocenters. The summed E-state index contributed by atoms with van der Waals surface area (Å²) in [4.78, 5) is 46.0. The van der Waals surface area contributed by atoms with E-state index in [9.17, 15) is 22.8 Å². The standard InChI is InChI=1S/C32H36ClN5O6S/c1-7-38(17-16-34-45(6,42)43)24-11-15-27(21(4)18-24)36-29(30(39)22-8-12-25(44-5)13-9-22)32(41)37-28-19-23(10-14-26(28)33)35-31(40)20(2)3/h8-15,18-19,34H,2,7,16-17H2,1,3-6H3,(H,35,40)(H,37,41). The van der Waals surface area contributed by atoms with Gasteiger partial charge in [-0.05, 0) is 87.0 Å². The third-order valence-electron chi connectivity index (χ3n) is 6.55. The highest BCUT2D eigenvalue weighted by atomic mass is 35.5. The van der Waals surface area contributed by atoms with E-state index in [-0.39, 0.29) is 22.8 Å². The van der Waals surface area contributed by atoms with Gasteiger partial charge in [0.15, 0.2) is 5.71 Å². The number of hydrogen-bond acceptors (Lipinski definition) is 8. The number of aliphatic imine (C=N–C) groups is 1. The van der Waals surface area contributed by atoms with Gasteiger partial charge in [0.25, 0.3) is 11.8 Å². The fraction of sp³-hybridized carbons (Fsp3) is 0.250. The van der Waals surface area contributed by atoms with E-state index in [4.69, 9.17) is 16.3 Å². The second-order valence-electron chi connectivity index (χ2n) is 10.1. The fourth-order valence-corrected chi connectivity index (χ4v) is 4.75. The molecular formula is C32H36ClN5O6S. The molecule has 0 aliphatic rings. The van der Waals surface area contributed by atoms with Gasteiger partial charge in [0.2, 0.25) is 15.8 Å². The van der Waals surface area contributed by atoms with Gasteiger partial charge in [-0.1, -0.05) is 18.2 Å². The van der Waals surface area contributed by atoms with E-state index < -0.39 is 33.3 Å². The van der Waals surface area contributed by atoms with Crippen molar-refractivity contribution in [3.8, 4) is 5.75 Å². The summed E-state index contributed by atoms with van der Waals surface area (Å²) >= 11 is 6.36. The number of halogens is 1. The van der Waals surface area contributed by atoms with Crippen LogP contribution in [0.5, 0.6) is 5.75 Å². The fourth-order valence-electron chi connectivity index (χ4n) is 4.12. The van der Waals surface area contributed by atoms with Crippen molar-refractivity contribution in [2.45, 2.75) is 20.8 Å². The third-order valence-corrected chi connectivity index (χ3v) is 7.61. The Labute approximate surface area is 268 Å². The van der Waals surface area contributed by atoms with Gasteiger partial charge in [-0.25, -0.2) is 18.1 Å². The Morgan fingerprint density at radius 1 is 1.00 bits per heavy atom. The number of carbonyl (C=O) groups is 3. The molecule has 2 amide bonds. The molecule has 13 heteroatoms. The van der Waals surface area contributed by atoms with Crippen molar-refractivity contribution in [3.63, 3.8) is 0 Å². The second kappa shape index (κ2) is 15.5. The SMILES string of the molecule is C=C(C)C(=O)Nc1ccc(Cl)c(NC(=O)C(=Nc2ccc(N(CC)CCNS(C)(=O)=O)cc2C)C(=O)c2ccc(OC)cc2)c1. The summed E-state index contributed by atoms with van der Waals surface area (Å²) in [6.45, 7) is 10.2. The van der Waals surface area contributed by atoms with Gasteiger partial charge < -0.3 is 20.3 Å². The number of Topliss-reactive ketones (excluding diaryl/α,β-unsaturated/α-hetero) is 1. The number of ketones is 1. The molecule has 0 unspecified atom stereocenters. The predicted octanol–water partition coefficient (Wildman–Crippen LogP) is 5.14. The summed E-state index contributed by atoms with van der Waals surface area (Å²) in [7, 11) is -1.82. The Kier molecular flexibility index (Phi) is 12.0. The van der Waals surface area contributed by atoms with E-state index in [0.717, 1.165) is 11.9 Å². The van der Waals surface area contributed by atoms with Gasteiger partial charge in [0.05, 0.1) is 29.8 Å². The van der Waals surface area contributed by atoms with E-state index in [1.165, 1.54) is 31.4 Å². The lowest BCUT2D eigenvalue weighted by atomic mass is 10.0. The summed E-state index contributed by atoms with van der Waals surface area (Å²) < 4.78 is 30.6. The number of benzene rings is 3. The molecule has 0 fully saturated rings. The number of aryl methyl sites for hydroxylation is 1. The number of amides is 2. The van der Waals surface area contributed by atoms with E-state index >= 15 is 0 Å². The quantitative estimate of drug-likeness (QED) is 0.0945. The zero-order valence-electron chi connectivity index (χ0n) is 25.7. The number of hydrogen-bond donors (Lipinski definition) is 3. The molecule has 0 heterocycles. The van der Waals surface area contributed by atoms with Crippen molar-refractivity contribution in [2.75, 3.05) is 48.5 Å². The summed E-state index contributed by atoms with van der Waals surface area (Å²) in [5, 5.41) is 5.50. The van der Waals surface area contributed by atoms with E-state index in [2.05, 4.69) is 26.9 Å². The Hall–Kier alpha value is -4.52. The number of methoxy groups -OCH3 is 1. The van der Waals surface area contributed by atoms with E-state index in [1.54, 1.807) is 44.2 Å². The smallest absolute Gasteiger partial charge is 0.278 e. The molecule has 0 aliphatic heterocycles. The predicted molar refractivity (Wildman–Crippen MR) is 180 cm³/mol. The molecule has 0 saturated heterocycles. The Balaban J connectivity index is 1.99. The molecule has 45 heavy (non-hydrogen) atoms. The lowest BCUT2D eigenvalue weighted by molar-refractivity contribution is -0.113. The van der Waals surface area contributed by atoms with Gasteiger partial charge in [-0.3, -0.25) is 14.4 Å². The molecule has 0 radical (unpaired) electrons. The van der Waals surface area contributed by atoms with Crippen molar-refractivity contribution in [1.82, 2.24) is 4.72 Å². The normalized spacial score (nSPS) is 11.5. The summed E-state index contributed by atoms with van der Waals surface area (Å²) in [5.74, 6) is -1.32. The maximum atomic E-state index is 13.7. The topological polar surface area (TPSA) is 146 Å². The van der Waals surface area contributed by atoms with Crippen molar-refractivity contribution in [1.29, 1.82) is 0 Å². The number of ether oxygens (including phenoxy) is 1. The van der Waals surface area contributed by atoms with Crippen molar-refractivity contribution in [2.24, 2.45) is 4.99 Å². The zero-order valence-corrected chi connectivity index (χ0v) is 27.3. The first-order valence-corrected chi connectivity index (χ1v) is 16.1. The van der Waals surface area contributed by atoms with Crippen LogP contribution in [0, 0.1) is 6.92 Å². The van der Waals surface area contributed by atoms with Gasteiger partial charge in [-0.2, -0.15) is 0 Å². The highest BCUT2D eigenvalue weighted by Crippen LogP contribution is 2.28. The van der Waals surface area contributed by atoms with Gasteiger partial charge in [0, 0.05) is 42.1 Å². The summed E-state index contributed by atoms with van der Waals surface area (Å²) in [6, 6.07) is 16.1. The first-order chi connectivity index (χ1) is 21.2. The van der Waals surface area contributed by atoms with E-state index in [0.29, 0.717) is 41.4 Å². The summed E-state index contributed by atoms with van der Waals surface area (Å²) in [6.07, 6.45) is 1.10. The first kappa shape index (κ1) is 35.0. The molecule has 0 spiro atoms. The van der Waals surface area contributed by atoms with Crippen LogP contribution in [-0.4, -0.2) is 64.7 Å². The van der Waals surface area contributed by atoms with Crippen LogP contribution in [0.25, 0.3) is 0 Å². The molecule has 0 aliphatic carbocycles. The Morgan fingerprint density at radius 2 is 1.69 bits per heavy atom. The number of nitrogens with zero attached hydrogens (tertiary/aromatic N) is 2. The number of sulfonamides is 1. The second-order valence-corrected chi connectivity index (χ2v) is 12.4. The average Bonchev–Trinajstić information content (AvgIpc) is 2.99. The van der Waals surface area contributed by atoms with Crippen LogP contribution >= 0.6 is 11.6 Å². The molecule has 0 aromatic heterocycles. The molecule has 3 aromatic rings. The first-order valence-electron chi connectivity index (χ1n) is 13.9. The highest BCUT2D eigenvalue weighted by Gasteiger charge is 2.24. The minimum absolute atomic E-state index is 0.157. The van der Waals surface area contributed by atoms with Crippen LogP contribution < -0.4 is 25.0 Å². The maximum Gasteiger partial charge on any atom is 0.278 e. The number of likely N-dealkylation sites (N-methyl/N-ethyl adjacent to an activating group) is 1. The molecule has 3 N–H and O–H groups in total. The van der Waals surface area contributed by atoms with Gasteiger partial charge >= 0.3 is 0 Å². The maximum absolute atomic E-state index is 13.7. The van der Waals surface area contributed by atoms with Crippen LogP contribution in [0.1, 0.15) is 29.8 Å². The minimum atomic E-state index is -3.32. The van der Waals surface area contributed by atoms with Gasteiger partial charge in [-0.15, -0.1) is 0 Å². The van der Waals surface area contributed by atoms with Crippen LogP contribution in [0.4, 0.5) is 22.7 Å². The monoisotopic (exact) mass is 653 g/mol. The minimum Gasteiger partial charge on any atom is -0.497 e. The Bertz CT molecular complexity index is 1740. The molecule has 11 nitrogen and oxygen atoms in total. The zero-order chi connectivity index (χ0) is 33.3. The van der Waals surface area contributed by atoms with Crippen LogP contribution in [0.15, 0.2) is 77.8 Å². The molecule has 3 rings (SSSR count). The lowest BCUT2D eigenvalue weighted by Gasteiger charge is -2.24.